The molecule has 40 heavy (non-hydrogen) atoms. The van der Waals surface area contributed by atoms with Crippen LogP contribution in [0.15, 0.2) is 79.1 Å². The van der Waals surface area contributed by atoms with Gasteiger partial charge >= 0.3 is 5.97 Å². The van der Waals surface area contributed by atoms with E-state index in [-0.39, 0.29) is 17.5 Å². The highest BCUT2D eigenvalue weighted by molar-refractivity contribution is 6.30. The van der Waals surface area contributed by atoms with E-state index in [4.69, 9.17) is 16.7 Å². The Hall–Kier alpha value is -5.03. The number of carboxylic acid groups (broad SMARTS) is 1. The van der Waals surface area contributed by atoms with Gasteiger partial charge in [0.25, 0.3) is 0 Å². The Labute approximate surface area is 234 Å². The number of carbonyl (C=O) groups excluding carboxylic acids is 1. The van der Waals surface area contributed by atoms with Crippen LogP contribution in [-0.4, -0.2) is 59.6 Å². The molecule has 12 heteroatoms. The monoisotopic (exact) mass is 556 g/mol. The number of carbonyl (C=O) groups is 2. The fourth-order valence-corrected chi connectivity index (χ4v) is 4.55. The van der Waals surface area contributed by atoms with E-state index in [9.17, 15) is 9.59 Å². The standard InChI is InChI=1S/C28H25ClN8O3/c1-36-26-5-3-2-4-23(26)24(33-36)15-22(16-30-21-10-6-18(7-11-21)28(39)40)32-27(38)13-8-19-14-20(29)9-12-25(19)37-17-31-34-35-37/h2-14,17,22,30H,15-16H2,1H3,(H,32,38)(H,39,40)/b13-8+/t22-/m0/s1. The van der Waals surface area contributed by atoms with Crippen LogP contribution in [0.4, 0.5) is 5.69 Å². The number of halogens is 1. The lowest BCUT2D eigenvalue weighted by atomic mass is 10.1. The Bertz CT molecular complexity index is 1680. The SMILES string of the molecule is Cn1nc(C[C@@H](CNc2ccc(C(=O)O)cc2)NC(=O)/C=C/c2cc(Cl)ccc2-n2cnnn2)c2ccccc21. The van der Waals surface area contributed by atoms with Gasteiger partial charge < -0.3 is 15.7 Å². The number of hydrogen-bond acceptors (Lipinski definition) is 7. The van der Waals surface area contributed by atoms with Gasteiger partial charge in [-0.25, -0.2) is 4.79 Å². The number of anilines is 1. The van der Waals surface area contributed by atoms with Crippen molar-refractivity contribution in [1.82, 2.24) is 35.3 Å². The van der Waals surface area contributed by atoms with E-state index in [2.05, 4.69) is 31.3 Å². The molecule has 1 amide bonds. The van der Waals surface area contributed by atoms with Crippen LogP contribution in [0.1, 0.15) is 21.6 Å². The molecule has 5 aromatic rings. The molecule has 0 radical (unpaired) electrons. The number of carboxylic acids is 1. The van der Waals surface area contributed by atoms with Gasteiger partial charge in [0.05, 0.1) is 28.5 Å². The Kier molecular flexibility index (Phi) is 7.83. The number of nitrogens with zero attached hydrogens (tertiary/aromatic N) is 6. The van der Waals surface area contributed by atoms with Crippen molar-refractivity contribution in [2.75, 3.05) is 11.9 Å². The molecule has 5 rings (SSSR count). The van der Waals surface area contributed by atoms with Gasteiger partial charge in [0.1, 0.15) is 6.33 Å². The van der Waals surface area contributed by atoms with Gasteiger partial charge in [-0.05, 0) is 65.0 Å². The van der Waals surface area contributed by atoms with Crippen molar-refractivity contribution in [1.29, 1.82) is 0 Å². The van der Waals surface area contributed by atoms with Crippen LogP contribution in [0, 0.1) is 0 Å². The minimum absolute atomic E-state index is 0.197. The number of aryl methyl sites for hydroxylation is 1. The topological polar surface area (TPSA) is 140 Å². The van der Waals surface area contributed by atoms with E-state index in [0.717, 1.165) is 22.3 Å². The zero-order chi connectivity index (χ0) is 28.1. The first-order valence-corrected chi connectivity index (χ1v) is 12.7. The maximum absolute atomic E-state index is 13.1. The Morgan fingerprint density at radius 3 is 2.65 bits per heavy atom. The number of benzene rings is 3. The number of aromatic nitrogens is 6. The average molecular weight is 557 g/mol. The van der Waals surface area contributed by atoms with Crippen LogP contribution in [0.25, 0.3) is 22.7 Å². The Morgan fingerprint density at radius 1 is 1.10 bits per heavy atom. The van der Waals surface area contributed by atoms with Gasteiger partial charge in [-0.3, -0.25) is 9.48 Å². The van der Waals surface area contributed by atoms with Gasteiger partial charge in [-0.1, -0.05) is 29.8 Å². The first kappa shape index (κ1) is 26.6. The van der Waals surface area contributed by atoms with Crippen molar-refractivity contribution in [3.63, 3.8) is 0 Å². The van der Waals surface area contributed by atoms with Crippen molar-refractivity contribution in [2.45, 2.75) is 12.5 Å². The molecule has 0 fully saturated rings. The lowest BCUT2D eigenvalue weighted by Gasteiger charge is -2.19. The van der Waals surface area contributed by atoms with Crippen molar-refractivity contribution < 1.29 is 14.7 Å². The molecule has 202 valence electrons. The highest BCUT2D eigenvalue weighted by Gasteiger charge is 2.17. The molecule has 0 bridgehead atoms. The quantitative estimate of drug-likeness (QED) is 0.221. The van der Waals surface area contributed by atoms with E-state index in [1.54, 1.807) is 36.4 Å². The van der Waals surface area contributed by atoms with E-state index < -0.39 is 5.97 Å². The zero-order valence-corrected chi connectivity index (χ0v) is 22.2. The number of tetrazole rings is 1. The van der Waals surface area contributed by atoms with Crippen molar-refractivity contribution in [3.05, 3.63) is 101 Å². The van der Waals surface area contributed by atoms with Gasteiger partial charge in [-0.2, -0.15) is 9.78 Å². The van der Waals surface area contributed by atoms with E-state index in [1.165, 1.54) is 29.2 Å². The molecule has 0 saturated heterocycles. The van der Waals surface area contributed by atoms with E-state index >= 15 is 0 Å². The largest absolute Gasteiger partial charge is 0.478 e. The van der Waals surface area contributed by atoms with E-state index in [0.29, 0.717) is 29.2 Å². The van der Waals surface area contributed by atoms with Gasteiger partial charge in [0.2, 0.25) is 5.91 Å². The lowest BCUT2D eigenvalue weighted by molar-refractivity contribution is -0.117. The maximum Gasteiger partial charge on any atom is 0.335 e. The summed E-state index contributed by atoms with van der Waals surface area (Å²) in [6, 6.07) is 19.2. The second-order valence-electron chi connectivity index (χ2n) is 9.05. The number of fused-ring (bicyclic) bond motifs is 1. The Morgan fingerprint density at radius 2 is 1.90 bits per heavy atom. The molecule has 0 aliphatic rings. The molecule has 0 unspecified atom stereocenters. The highest BCUT2D eigenvalue weighted by atomic mass is 35.5. The number of rotatable bonds is 10. The average Bonchev–Trinajstić information content (AvgIpc) is 3.59. The molecule has 3 aromatic carbocycles. The minimum atomic E-state index is -0.992. The molecular weight excluding hydrogens is 532 g/mol. The summed E-state index contributed by atoms with van der Waals surface area (Å²) in [5.41, 5.74) is 4.11. The fraction of sp³-hybridized carbons (Fsp3) is 0.143. The smallest absolute Gasteiger partial charge is 0.335 e. The highest BCUT2D eigenvalue weighted by Crippen LogP contribution is 2.21. The van der Waals surface area contributed by atoms with Crippen LogP contribution < -0.4 is 10.6 Å². The molecule has 0 aliphatic heterocycles. The third-order valence-corrected chi connectivity index (χ3v) is 6.54. The molecule has 0 aliphatic carbocycles. The predicted octanol–water partition coefficient (Wildman–Crippen LogP) is 3.75. The van der Waals surface area contributed by atoms with Crippen LogP contribution in [0.2, 0.25) is 5.02 Å². The number of nitrogens with one attached hydrogen (secondary N) is 2. The van der Waals surface area contributed by atoms with Crippen molar-refractivity contribution in [2.24, 2.45) is 7.05 Å². The summed E-state index contributed by atoms with van der Waals surface area (Å²) in [5.74, 6) is -1.30. The van der Waals surface area contributed by atoms with Crippen molar-refractivity contribution in [3.8, 4) is 5.69 Å². The maximum atomic E-state index is 13.1. The van der Waals surface area contributed by atoms with E-state index in [1.807, 2.05) is 36.0 Å². The van der Waals surface area contributed by atoms with Crippen LogP contribution in [0.5, 0.6) is 0 Å². The summed E-state index contributed by atoms with van der Waals surface area (Å²) in [6.45, 7) is 0.379. The van der Waals surface area contributed by atoms with Gasteiger partial charge in [-0.15, -0.1) is 5.10 Å². The summed E-state index contributed by atoms with van der Waals surface area (Å²) >= 11 is 6.20. The minimum Gasteiger partial charge on any atom is -0.478 e. The van der Waals surface area contributed by atoms with Gasteiger partial charge in [0, 0.05) is 47.7 Å². The summed E-state index contributed by atoms with van der Waals surface area (Å²) in [6.07, 6.45) is 5.02. The molecular formula is C28H25ClN8O3. The second kappa shape index (κ2) is 11.8. The molecule has 0 saturated carbocycles. The zero-order valence-electron chi connectivity index (χ0n) is 21.4. The summed E-state index contributed by atoms with van der Waals surface area (Å²) in [5, 5.41) is 33.0. The fourth-order valence-electron chi connectivity index (χ4n) is 4.37. The predicted molar refractivity (Wildman–Crippen MR) is 151 cm³/mol. The molecule has 2 heterocycles. The van der Waals surface area contributed by atoms with Crippen LogP contribution in [0.3, 0.4) is 0 Å². The van der Waals surface area contributed by atoms with Crippen LogP contribution >= 0.6 is 11.6 Å². The molecule has 11 nitrogen and oxygen atoms in total. The third-order valence-electron chi connectivity index (χ3n) is 6.30. The molecule has 1 atom stereocenters. The number of amides is 1. The molecule has 2 aromatic heterocycles. The number of para-hydroxylation sites is 1. The normalized spacial score (nSPS) is 12.1. The number of hydrogen-bond donors (Lipinski definition) is 3. The lowest BCUT2D eigenvalue weighted by Crippen LogP contribution is -2.40. The first-order valence-electron chi connectivity index (χ1n) is 12.4. The summed E-state index contributed by atoms with van der Waals surface area (Å²) in [7, 11) is 1.89. The van der Waals surface area contributed by atoms with Gasteiger partial charge in [0.15, 0.2) is 0 Å². The number of aromatic carboxylic acids is 1. The third kappa shape index (κ3) is 6.16. The molecule has 0 spiro atoms. The molecule has 3 N–H and O–H groups in total. The summed E-state index contributed by atoms with van der Waals surface area (Å²) < 4.78 is 3.31. The first-order chi connectivity index (χ1) is 19.4. The Balaban J connectivity index is 1.36. The van der Waals surface area contributed by atoms with Crippen LogP contribution in [-0.2, 0) is 18.3 Å². The second-order valence-corrected chi connectivity index (χ2v) is 9.49. The summed E-state index contributed by atoms with van der Waals surface area (Å²) in [4.78, 5) is 24.3. The van der Waals surface area contributed by atoms with Crippen molar-refractivity contribution >= 4 is 46.1 Å².